The highest BCUT2D eigenvalue weighted by atomic mass is 16.4. The number of hydrogen-bond donors (Lipinski definition) is 4. The third-order valence-corrected chi connectivity index (χ3v) is 2.14. The van der Waals surface area contributed by atoms with Gasteiger partial charge in [0.05, 0.1) is 23.9 Å². The Hall–Kier alpha value is -2.40. The lowest BCUT2D eigenvalue weighted by atomic mass is 10.4. The van der Waals surface area contributed by atoms with E-state index in [2.05, 4.69) is 0 Å². The summed E-state index contributed by atoms with van der Waals surface area (Å²) in [6.07, 6.45) is 0. The number of aliphatic carboxylic acids is 4. The minimum atomic E-state index is -1.53. The quantitative estimate of drug-likeness (QED) is 0.263. The van der Waals surface area contributed by atoms with Gasteiger partial charge in [-0.3, -0.25) is 9.80 Å². The topological polar surface area (TPSA) is 344 Å². The molecule has 15 heteroatoms. The largest absolute Gasteiger partial charge is 0.549 e. The van der Waals surface area contributed by atoms with Gasteiger partial charge in [0.1, 0.15) is 0 Å². The van der Waals surface area contributed by atoms with E-state index in [1.54, 1.807) is 0 Å². The van der Waals surface area contributed by atoms with Gasteiger partial charge in [-0.05, 0) is 0 Å². The van der Waals surface area contributed by atoms with Gasteiger partial charge in [-0.25, -0.2) is 0 Å². The monoisotopic (exact) mass is 378 g/mol. The molecule has 0 aliphatic carbocycles. The molecule has 15 nitrogen and oxygen atoms in total. The fourth-order valence-corrected chi connectivity index (χ4v) is 1.44. The second-order valence-electron chi connectivity index (χ2n) is 3.91. The number of nitrogens with zero attached hydrogens (tertiary/aromatic N) is 2. The van der Waals surface area contributed by atoms with Crippen LogP contribution in [0.2, 0.25) is 0 Å². The van der Waals surface area contributed by atoms with Gasteiger partial charge in [-0.2, -0.15) is 0 Å². The minimum absolute atomic E-state index is 0. The third-order valence-electron chi connectivity index (χ3n) is 2.14. The van der Waals surface area contributed by atoms with Gasteiger partial charge >= 0.3 is 0 Å². The Balaban J connectivity index is -0.000000180. The molecule has 154 valence electrons. The van der Waals surface area contributed by atoms with Crippen molar-refractivity contribution in [3.63, 3.8) is 0 Å². The molecule has 0 fully saturated rings. The molecular formula is C10H30N6O9. The molecule has 0 spiro atoms. The lowest BCUT2D eigenvalue weighted by molar-refractivity contribution is -0.314. The summed E-state index contributed by atoms with van der Waals surface area (Å²) in [5.74, 6) is -6.12. The number of carboxylic acid groups (broad SMARTS) is 4. The van der Waals surface area contributed by atoms with Gasteiger partial charge in [-0.1, -0.05) is 0 Å². The first-order valence-corrected chi connectivity index (χ1v) is 5.44. The van der Waals surface area contributed by atoms with Crippen LogP contribution >= 0.6 is 0 Å². The van der Waals surface area contributed by atoms with Crippen LogP contribution in [0, 0.1) is 0 Å². The molecule has 0 amide bonds. The van der Waals surface area contributed by atoms with Crippen molar-refractivity contribution in [3.05, 3.63) is 0 Å². The zero-order valence-electron chi connectivity index (χ0n) is 14.9. The average Bonchev–Trinajstić information content (AvgIpc) is 2.22. The number of carbonyl (C=O) groups is 4. The van der Waals surface area contributed by atoms with E-state index in [0.717, 1.165) is 9.80 Å². The fourth-order valence-electron chi connectivity index (χ4n) is 1.44. The summed E-state index contributed by atoms with van der Waals surface area (Å²) in [6.45, 7) is -3.25. The number of carboxylic acids is 4. The van der Waals surface area contributed by atoms with Gasteiger partial charge in [0.15, 0.2) is 0 Å². The van der Waals surface area contributed by atoms with Gasteiger partial charge in [0, 0.05) is 39.3 Å². The highest BCUT2D eigenvalue weighted by Gasteiger charge is 2.10. The second kappa shape index (κ2) is 19.6. The van der Waals surface area contributed by atoms with Crippen LogP contribution in [-0.2, 0) is 19.2 Å². The summed E-state index contributed by atoms with van der Waals surface area (Å²) in [5.41, 5.74) is 0. The first-order valence-electron chi connectivity index (χ1n) is 5.44. The Bertz CT molecular complexity index is 327. The van der Waals surface area contributed by atoms with Crippen molar-refractivity contribution in [3.8, 4) is 0 Å². The van der Waals surface area contributed by atoms with Crippen LogP contribution in [0.4, 0.5) is 0 Å². The summed E-state index contributed by atoms with van der Waals surface area (Å²) in [7, 11) is 0. The maximum absolute atomic E-state index is 10.4. The molecule has 0 aliphatic heterocycles. The normalized spacial score (nSPS) is 8.56. The first-order chi connectivity index (χ1) is 9.20. The molecule has 25 heavy (non-hydrogen) atoms. The van der Waals surface area contributed by atoms with E-state index < -0.39 is 50.1 Å². The van der Waals surface area contributed by atoms with Crippen molar-refractivity contribution >= 4 is 23.9 Å². The van der Waals surface area contributed by atoms with Gasteiger partial charge in [0.2, 0.25) is 0 Å². The number of carbonyl (C=O) groups excluding carboxylic acids is 4. The summed E-state index contributed by atoms with van der Waals surface area (Å²) in [6, 6.07) is 0. The lowest BCUT2D eigenvalue weighted by Gasteiger charge is -2.28. The Kier molecular flexibility index (Phi) is 30.1. The maximum atomic E-state index is 10.4. The molecule has 0 rings (SSSR count). The van der Waals surface area contributed by atoms with E-state index in [0.29, 0.717) is 0 Å². The molecule has 0 radical (unpaired) electrons. The fraction of sp³-hybridized carbons (Fsp3) is 0.600. The molecular weight excluding hydrogens is 348 g/mol. The predicted molar refractivity (Wildman–Crippen MR) is 80.5 cm³/mol. The van der Waals surface area contributed by atoms with Crippen LogP contribution < -0.4 is 45.0 Å². The van der Waals surface area contributed by atoms with E-state index >= 15 is 0 Å². The van der Waals surface area contributed by atoms with Crippen LogP contribution in [-0.4, -0.2) is 78.4 Å². The minimum Gasteiger partial charge on any atom is -0.549 e. The average molecular weight is 378 g/mol. The van der Waals surface area contributed by atoms with Crippen molar-refractivity contribution in [2.24, 2.45) is 0 Å². The van der Waals surface area contributed by atoms with Crippen LogP contribution in [0.3, 0.4) is 0 Å². The Labute approximate surface area is 143 Å². The van der Waals surface area contributed by atoms with Gasteiger partial charge in [0.25, 0.3) is 0 Å². The van der Waals surface area contributed by atoms with E-state index in [1.165, 1.54) is 0 Å². The summed E-state index contributed by atoms with van der Waals surface area (Å²) < 4.78 is 0. The van der Waals surface area contributed by atoms with E-state index in [1.807, 2.05) is 0 Å². The molecule has 0 bridgehead atoms. The zero-order chi connectivity index (χ0) is 15.7. The SMILES string of the molecule is O.O=C([O-])CN(CCN(CC(=O)[O-])CC(=O)[O-])CC(=O)[O-].[NH4+].[NH4+].[NH4+].[NH4+]. The van der Waals surface area contributed by atoms with Gasteiger partial charge in [-0.15, -0.1) is 0 Å². The molecule has 0 heterocycles. The van der Waals surface area contributed by atoms with Crippen LogP contribution in [0.25, 0.3) is 0 Å². The number of quaternary nitrogens is 4. The number of rotatable bonds is 11. The molecule has 0 saturated heterocycles. The van der Waals surface area contributed by atoms with Crippen molar-refractivity contribution in [1.82, 2.24) is 34.4 Å². The number of hydrogen-bond acceptors (Lipinski definition) is 10. The Morgan fingerprint density at radius 2 is 0.680 bits per heavy atom. The smallest absolute Gasteiger partial charge is 0.0555 e. The standard InChI is InChI=1S/C10H16N2O8.4H3N.H2O/c13-7(14)3-11(4-8(15)16)1-2-12(5-9(17)18)6-10(19)20;;;;;/h1-6H2,(H,13,14)(H,15,16)(H,17,18)(H,19,20);4*1H3;1H2. The molecule has 0 unspecified atom stereocenters. The highest BCUT2D eigenvalue weighted by molar-refractivity contribution is 5.71. The molecule has 0 aromatic heterocycles. The van der Waals surface area contributed by atoms with Crippen molar-refractivity contribution in [2.75, 3.05) is 39.3 Å². The molecule has 0 aliphatic rings. The van der Waals surface area contributed by atoms with Crippen LogP contribution in [0.5, 0.6) is 0 Å². The highest BCUT2D eigenvalue weighted by Crippen LogP contribution is 1.92. The van der Waals surface area contributed by atoms with Crippen molar-refractivity contribution in [2.45, 2.75) is 0 Å². The van der Waals surface area contributed by atoms with Crippen LogP contribution in [0.1, 0.15) is 0 Å². The molecule has 0 saturated carbocycles. The maximum Gasteiger partial charge on any atom is 0.0555 e. The molecule has 0 aromatic carbocycles. The molecule has 18 N–H and O–H groups in total. The zero-order valence-corrected chi connectivity index (χ0v) is 14.9. The predicted octanol–water partition coefficient (Wildman–Crippen LogP) is -6.73. The van der Waals surface area contributed by atoms with Crippen molar-refractivity contribution < 1.29 is 45.1 Å². The first kappa shape index (κ1) is 38.3. The van der Waals surface area contributed by atoms with E-state index in [4.69, 9.17) is 0 Å². The van der Waals surface area contributed by atoms with Crippen molar-refractivity contribution in [1.29, 1.82) is 0 Å². The lowest BCUT2D eigenvalue weighted by Crippen LogP contribution is -2.50. The molecule has 0 aromatic rings. The van der Waals surface area contributed by atoms with E-state index in [9.17, 15) is 39.6 Å². The Morgan fingerprint density at radius 1 is 0.520 bits per heavy atom. The third kappa shape index (κ3) is 24.0. The summed E-state index contributed by atoms with van der Waals surface area (Å²) >= 11 is 0. The van der Waals surface area contributed by atoms with Crippen LogP contribution in [0.15, 0.2) is 0 Å². The molecule has 0 atom stereocenters. The van der Waals surface area contributed by atoms with E-state index in [-0.39, 0.29) is 43.2 Å². The Morgan fingerprint density at radius 3 is 0.800 bits per heavy atom. The summed E-state index contributed by atoms with van der Waals surface area (Å²) in [4.78, 5) is 43.4. The second-order valence-corrected chi connectivity index (χ2v) is 3.91. The van der Waals surface area contributed by atoms with Gasteiger partial charge < -0.3 is 69.7 Å². The summed E-state index contributed by atoms with van der Waals surface area (Å²) in [5, 5.41) is 41.6.